The average molecular weight is 376 g/mol. The minimum absolute atomic E-state index is 0.117. The number of carbonyl (C=O) groups excluding carboxylic acids is 1. The second kappa shape index (κ2) is 7.07. The quantitative estimate of drug-likeness (QED) is 0.868. The summed E-state index contributed by atoms with van der Waals surface area (Å²) in [5.41, 5.74) is -0.706. The molecule has 0 radical (unpaired) electrons. The summed E-state index contributed by atoms with van der Waals surface area (Å²) in [6.07, 6.45) is -0.986. The van der Waals surface area contributed by atoms with Crippen LogP contribution in [-0.2, 0) is 9.53 Å². The van der Waals surface area contributed by atoms with Crippen molar-refractivity contribution in [1.82, 2.24) is 4.90 Å². The van der Waals surface area contributed by atoms with Gasteiger partial charge < -0.3 is 14.6 Å². The molecule has 8 heteroatoms. The van der Waals surface area contributed by atoms with E-state index in [2.05, 4.69) is 0 Å². The summed E-state index contributed by atoms with van der Waals surface area (Å²) >= 11 is 11.8. The Kier molecular flexibility index (Phi) is 5.50. The van der Waals surface area contributed by atoms with Crippen LogP contribution in [0.4, 0.5) is 4.79 Å². The van der Waals surface area contributed by atoms with Gasteiger partial charge in [0.05, 0.1) is 16.6 Å². The van der Waals surface area contributed by atoms with Gasteiger partial charge in [-0.05, 0) is 32.9 Å². The maximum atomic E-state index is 12.2. The molecule has 1 aliphatic heterocycles. The van der Waals surface area contributed by atoms with E-state index in [1.165, 1.54) is 4.90 Å². The molecule has 0 aliphatic carbocycles. The highest BCUT2D eigenvalue weighted by atomic mass is 35.5. The Labute approximate surface area is 150 Å². The Morgan fingerprint density at radius 2 is 1.92 bits per heavy atom. The van der Waals surface area contributed by atoms with Crippen LogP contribution < -0.4 is 4.74 Å². The Hall–Kier alpha value is -1.66. The molecule has 1 N–H and O–H groups in total. The Morgan fingerprint density at radius 1 is 1.25 bits per heavy atom. The molecule has 132 valence electrons. The summed E-state index contributed by atoms with van der Waals surface area (Å²) < 4.78 is 11.0. The molecule has 1 amide bonds. The van der Waals surface area contributed by atoms with Crippen LogP contribution in [0, 0.1) is 0 Å². The number of hydrogen-bond donors (Lipinski definition) is 1. The van der Waals surface area contributed by atoms with Crippen molar-refractivity contribution in [2.75, 3.05) is 6.54 Å². The van der Waals surface area contributed by atoms with Crippen molar-refractivity contribution in [2.24, 2.45) is 0 Å². The van der Waals surface area contributed by atoms with Crippen molar-refractivity contribution in [2.45, 2.75) is 44.9 Å². The van der Waals surface area contributed by atoms with Crippen LogP contribution in [-0.4, -0.2) is 46.4 Å². The van der Waals surface area contributed by atoms with Gasteiger partial charge in [0.1, 0.15) is 23.5 Å². The van der Waals surface area contributed by atoms with Gasteiger partial charge in [-0.3, -0.25) is 4.90 Å². The minimum atomic E-state index is -1.10. The van der Waals surface area contributed by atoms with E-state index in [-0.39, 0.29) is 13.0 Å². The molecule has 1 aliphatic rings. The van der Waals surface area contributed by atoms with E-state index in [0.29, 0.717) is 15.8 Å². The van der Waals surface area contributed by atoms with Crippen molar-refractivity contribution in [3.05, 3.63) is 28.2 Å². The van der Waals surface area contributed by atoms with Crippen LogP contribution in [0.25, 0.3) is 0 Å². The van der Waals surface area contributed by atoms with E-state index in [9.17, 15) is 14.7 Å². The number of ether oxygens (including phenoxy) is 2. The van der Waals surface area contributed by atoms with E-state index < -0.39 is 29.8 Å². The van der Waals surface area contributed by atoms with Crippen LogP contribution in [0.3, 0.4) is 0 Å². The van der Waals surface area contributed by atoms with Crippen molar-refractivity contribution in [3.8, 4) is 5.75 Å². The Balaban J connectivity index is 2.10. The normalized spacial score (nSPS) is 20.8. The first-order chi connectivity index (χ1) is 11.1. The first kappa shape index (κ1) is 18.7. The number of rotatable bonds is 3. The predicted molar refractivity (Wildman–Crippen MR) is 89.9 cm³/mol. The third-order valence-electron chi connectivity index (χ3n) is 3.37. The summed E-state index contributed by atoms with van der Waals surface area (Å²) in [5, 5.41) is 10.1. The number of amides is 1. The van der Waals surface area contributed by atoms with Crippen LogP contribution in [0.15, 0.2) is 18.2 Å². The molecule has 24 heavy (non-hydrogen) atoms. The first-order valence-electron chi connectivity index (χ1n) is 7.41. The van der Waals surface area contributed by atoms with Gasteiger partial charge in [0, 0.05) is 12.5 Å². The fourth-order valence-electron chi connectivity index (χ4n) is 2.38. The molecule has 2 unspecified atom stereocenters. The van der Waals surface area contributed by atoms with Gasteiger partial charge in [-0.15, -0.1) is 0 Å². The van der Waals surface area contributed by atoms with Gasteiger partial charge in [-0.25, -0.2) is 9.59 Å². The van der Waals surface area contributed by atoms with Crippen LogP contribution in [0.5, 0.6) is 5.75 Å². The largest absolute Gasteiger partial charge is 0.488 e. The molecule has 2 atom stereocenters. The molecule has 0 aromatic heterocycles. The molecule has 0 bridgehead atoms. The second-order valence-electron chi connectivity index (χ2n) is 6.54. The number of nitrogens with zero attached hydrogens (tertiary/aromatic N) is 1. The molecule has 0 saturated carbocycles. The van der Waals surface area contributed by atoms with Crippen molar-refractivity contribution < 1.29 is 24.2 Å². The number of hydrogen-bond acceptors (Lipinski definition) is 4. The van der Waals surface area contributed by atoms with Gasteiger partial charge in [0.15, 0.2) is 0 Å². The van der Waals surface area contributed by atoms with Crippen molar-refractivity contribution in [1.29, 1.82) is 0 Å². The topological polar surface area (TPSA) is 76.1 Å². The minimum Gasteiger partial charge on any atom is -0.488 e. The van der Waals surface area contributed by atoms with Crippen molar-refractivity contribution >= 4 is 35.3 Å². The van der Waals surface area contributed by atoms with Gasteiger partial charge in [0.25, 0.3) is 0 Å². The van der Waals surface area contributed by atoms with Crippen LogP contribution >= 0.6 is 23.2 Å². The third-order valence-corrected chi connectivity index (χ3v) is 4.11. The lowest BCUT2D eigenvalue weighted by Gasteiger charge is -2.26. The summed E-state index contributed by atoms with van der Waals surface area (Å²) in [6, 6.07) is 3.79. The van der Waals surface area contributed by atoms with Crippen LogP contribution in [0.2, 0.25) is 10.0 Å². The van der Waals surface area contributed by atoms with Gasteiger partial charge in [0.2, 0.25) is 0 Å². The van der Waals surface area contributed by atoms with Crippen LogP contribution in [0.1, 0.15) is 27.2 Å². The number of carboxylic acid groups (broad SMARTS) is 1. The zero-order chi connectivity index (χ0) is 18.1. The molecule has 6 nitrogen and oxygen atoms in total. The van der Waals surface area contributed by atoms with Crippen molar-refractivity contribution in [3.63, 3.8) is 0 Å². The van der Waals surface area contributed by atoms with E-state index in [1.54, 1.807) is 39.0 Å². The highest BCUT2D eigenvalue weighted by Gasteiger charge is 2.42. The number of benzene rings is 1. The van der Waals surface area contributed by atoms with Gasteiger partial charge >= 0.3 is 12.1 Å². The SMILES string of the molecule is CC(C)(C)OC(=O)N1CC(Oc2ccc(Cl)c(Cl)c2)CC1C(=O)O. The molecule has 1 saturated heterocycles. The second-order valence-corrected chi connectivity index (χ2v) is 7.35. The van der Waals surface area contributed by atoms with E-state index in [1.807, 2.05) is 0 Å². The molecule has 1 heterocycles. The Morgan fingerprint density at radius 3 is 2.46 bits per heavy atom. The number of carboxylic acids is 1. The monoisotopic (exact) mass is 375 g/mol. The summed E-state index contributed by atoms with van der Waals surface area (Å²) in [4.78, 5) is 24.8. The highest BCUT2D eigenvalue weighted by Crippen LogP contribution is 2.29. The number of halogens is 2. The number of aliphatic carboxylic acids is 1. The standard InChI is InChI=1S/C16H19Cl2NO5/c1-16(2,3)24-15(22)19-8-10(7-13(19)14(20)21)23-9-4-5-11(17)12(18)6-9/h4-6,10,13H,7-8H2,1-3H3,(H,20,21). The fourth-order valence-corrected chi connectivity index (χ4v) is 2.67. The Bertz CT molecular complexity index is 644. The lowest BCUT2D eigenvalue weighted by atomic mass is 10.2. The van der Waals surface area contributed by atoms with Gasteiger partial charge in [-0.2, -0.15) is 0 Å². The van der Waals surface area contributed by atoms with Gasteiger partial charge in [-0.1, -0.05) is 23.2 Å². The maximum absolute atomic E-state index is 12.2. The molecule has 2 rings (SSSR count). The molecule has 1 fully saturated rings. The first-order valence-corrected chi connectivity index (χ1v) is 8.16. The maximum Gasteiger partial charge on any atom is 0.411 e. The smallest absolute Gasteiger partial charge is 0.411 e. The fraction of sp³-hybridized carbons (Fsp3) is 0.500. The predicted octanol–water partition coefficient (Wildman–Crippen LogP) is 3.83. The van der Waals surface area contributed by atoms with E-state index in [0.717, 1.165) is 0 Å². The highest BCUT2D eigenvalue weighted by molar-refractivity contribution is 6.42. The lowest BCUT2D eigenvalue weighted by molar-refractivity contribution is -0.142. The van der Waals surface area contributed by atoms with E-state index >= 15 is 0 Å². The third kappa shape index (κ3) is 4.68. The average Bonchev–Trinajstić information content (AvgIpc) is 2.85. The lowest BCUT2D eigenvalue weighted by Crippen LogP contribution is -2.43. The molecular weight excluding hydrogens is 357 g/mol. The number of carbonyl (C=O) groups is 2. The molecule has 1 aromatic rings. The van der Waals surface area contributed by atoms with E-state index in [4.69, 9.17) is 32.7 Å². The molecule has 1 aromatic carbocycles. The summed E-state index contributed by atoms with van der Waals surface area (Å²) in [7, 11) is 0. The summed E-state index contributed by atoms with van der Waals surface area (Å²) in [6.45, 7) is 5.29. The zero-order valence-corrected chi connectivity index (χ0v) is 15.1. The number of likely N-dealkylation sites (tertiary alicyclic amines) is 1. The zero-order valence-electron chi connectivity index (χ0n) is 13.6. The molecular formula is C16H19Cl2NO5. The molecule has 0 spiro atoms. The summed E-state index contributed by atoms with van der Waals surface area (Å²) in [5.74, 6) is -0.634.